The Kier molecular flexibility index (Phi) is 5.25. The highest BCUT2D eigenvalue weighted by molar-refractivity contribution is 7.89. The van der Waals surface area contributed by atoms with Gasteiger partial charge in [-0.05, 0) is 48.5 Å². The number of furan rings is 1. The van der Waals surface area contributed by atoms with E-state index in [0.717, 1.165) is 12.1 Å². The van der Waals surface area contributed by atoms with Gasteiger partial charge in [-0.1, -0.05) is 12.1 Å². The number of hydrogen-bond donors (Lipinski definition) is 2. The number of hydrogen-bond acceptors (Lipinski definition) is 5. The summed E-state index contributed by atoms with van der Waals surface area (Å²) in [5, 5.41) is 8.95. The highest BCUT2D eigenvalue weighted by atomic mass is 32.2. The van der Waals surface area contributed by atoms with Crippen molar-refractivity contribution in [3.8, 4) is 11.3 Å². The molecule has 0 unspecified atom stereocenters. The Balaban J connectivity index is 1.69. The molecule has 0 saturated heterocycles. The monoisotopic (exact) mass is 409 g/mol. The number of sulfonamides is 1. The van der Waals surface area contributed by atoms with Crippen LogP contribution in [0.5, 0.6) is 0 Å². The van der Waals surface area contributed by atoms with Crippen molar-refractivity contribution in [2.24, 2.45) is 10.2 Å². The van der Waals surface area contributed by atoms with Crippen LogP contribution in [0.15, 0.2) is 75.1 Å². The molecule has 0 amide bonds. The summed E-state index contributed by atoms with van der Waals surface area (Å²) in [6.07, 6.45) is -3.10. The van der Waals surface area contributed by atoms with Crippen molar-refractivity contribution in [1.29, 1.82) is 0 Å². The first-order chi connectivity index (χ1) is 13.1. The first kappa shape index (κ1) is 19.6. The maximum Gasteiger partial charge on any atom is 0.416 e. The number of nitrogens with zero attached hydrogens (tertiary/aromatic N) is 1. The largest absolute Gasteiger partial charge is 0.455 e. The summed E-state index contributed by atoms with van der Waals surface area (Å²) in [7, 11) is -3.77. The number of nitrogens with two attached hydrogens (primary N) is 1. The maximum atomic E-state index is 12.8. The van der Waals surface area contributed by atoms with E-state index in [-0.39, 0.29) is 10.7 Å². The van der Waals surface area contributed by atoms with Crippen LogP contribution in [0.1, 0.15) is 11.3 Å². The minimum absolute atomic E-state index is 0.0289. The summed E-state index contributed by atoms with van der Waals surface area (Å²) in [5.41, 5.74) is 2.71. The Morgan fingerprint density at radius 1 is 1.04 bits per heavy atom. The van der Waals surface area contributed by atoms with Gasteiger partial charge in [0.15, 0.2) is 0 Å². The van der Waals surface area contributed by atoms with E-state index in [1.54, 1.807) is 6.07 Å². The van der Waals surface area contributed by atoms with E-state index in [9.17, 15) is 21.6 Å². The Labute approximate surface area is 158 Å². The number of benzene rings is 2. The molecule has 3 rings (SSSR count). The molecule has 0 aliphatic rings. The van der Waals surface area contributed by atoms with E-state index in [0.29, 0.717) is 17.0 Å². The number of nitrogens with one attached hydrogen (secondary N) is 1. The van der Waals surface area contributed by atoms with Crippen LogP contribution >= 0.6 is 0 Å². The number of anilines is 1. The molecule has 3 aromatic rings. The second-order valence-electron chi connectivity index (χ2n) is 5.72. The van der Waals surface area contributed by atoms with Crippen LogP contribution in [-0.2, 0) is 16.2 Å². The van der Waals surface area contributed by atoms with Crippen LogP contribution < -0.4 is 10.6 Å². The van der Waals surface area contributed by atoms with Gasteiger partial charge in [0.2, 0.25) is 10.0 Å². The maximum absolute atomic E-state index is 12.8. The number of halogens is 3. The molecule has 0 aliphatic carbocycles. The Morgan fingerprint density at radius 3 is 2.39 bits per heavy atom. The fraction of sp³-hybridized carbons (Fsp3) is 0.0556. The number of hydrazone groups is 1. The van der Waals surface area contributed by atoms with E-state index < -0.39 is 21.8 Å². The third-order valence-electron chi connectivity index (χ3n) is 3.67. The third kappa shape index (κ3) is 4.78. The van der Waals surface area contributed by atoms with Crippen molar-refractivity contribution >= 4 is 21.9 Å². The molecule has 28 heavy (non-hydrogen) atoms. The van der Waals surface area contributed by atoms with Gasteiger partial charge < -0.3 is 4.42 Å². The number of alkyl halides is 3. The SMILES string of the molecule is NS(=O)(=O)c1ccc(NN=Cc2ccc(-c3cccc(C(F)(F)F)c3)o2)cc1. The van der Waals surface area contributed by atoms with Gasteiger partial charge in [-0.25, -0.2) is 13.6 Å². The lowest BCUT2D eigenvalue weighted by Gasteiger charge is -2.07. The summed E-state index contributed by atoms with van der Waals surface area (Å²) in [6, 6.07) is 13.5. The van der Waals surface area contributed by atoms with Crippen LogP contribution in [0.3, 0.4) is 0 Å². The first-order valence-corrected chi connectivity index (χ1v) is 9.37. The summed E-state index contributed by atoms with van der Waals surface area (Å²) >= 11 is 0. The van der Waals surface area contributed by atoms with Crippen molar-refractivity contribution < 1.29 is 26.0 Å². The zero-order valence-corrected chi connectivity index (χ0v) is 15.0. The lowest BCUT2D eigenvalue weighted by Crippen LogP contribution is -2.11. The molecule has 0 radical (unpaired) electrons. The minimum atomic E-state index is -4.43. The van der Waals surface area contributed by atoms with Gasteiger partial charge in [-0.15, -0.1) is 0 Å². The molecule has 0 fully saturated rings. The minimum Gasteiger partial charge on any atom is -0.455 e. The van der Waals surface area contributed by atoms with Gasteiger partial charge in [-0.3, -0.25) is 5.43 Å². The van der Waals surface area contributed by atoms with Gasteiger partial charge in [0.1, 0.15) is 11.5 Å². The Hall–Kier alpha value is -3.11. The summed E-state index contributed by atoms with van der Waals surface area (Å²) < 4.78 is 66.3. The number of rotatable bonds is 5. The normalized spacial score (nSPS) is 12.4. The molecular formula is C18H14F3N3O3S. The molecule has 3 N–H and O–H groups in total. The van der Waals surface area contributed by atoms with Gasteiger partial charge in [0.05, 0.1) is 22.4 Å². The highest BCUT2D eigenvalue weighted by Crippen LogP contribution is 2.32. The molecule has 6 nitrogen and oxygen atoms in total. The van der Waals surface area contributed by atoms with E-state index in [1.165, 1.54) is 48.7 Å². The topological polar surface area (TPSA) is 97.7 Å². The van der Waals surface area contributed by atoms with Crippen molar-refractivity contribution in [3.05, 3.63) is 72.0 Å². The van der Waals surface area contributed by atoms with E-state index in [4.69, 9.17) is 9.56 Å². The van der Waals surface area contributed by atoms with Crippen molar-refractivity contribution in [2.75, 3.05) is 5.43 Å². The van der Waals surface area contributed by atoms with Gasteiger partial charge in [-0.2, -0.15) is 18.3 Å². The summed E-state index contributed by atoms with van der Waals surface area (Å²) in [6.45, 7) is 0. The zero-order valence-electron chi connectivity index (χ0n) is 14.1. The van der Waals surface area contributed by atoms with Gasteiger partial charge in [0.25, 0.3) is 0 Å². The van der Waals surface area contributed by atoms with Crippen molar-refractivity contribution in [2.45, 2.75) is 11.1 Å². The molecule has 0 aliphatic heterocycles. The van der Waals surface area contributed by atoms with E-state index >= 15 is 0 Å². The molecule has 0 spiro atoms. The van der Waals surface area contributed by atoms with Crippen LogP contribution in [-0.4, -0.2) is 14.6 Å². The predicted molar refractivity (Wildman–Crippen MR) is 98.2 cm³/mol. The van der Waals surface area contributed by atoms with E-state index in [1.807, 2.05) is 0 Å². The van der Waals surface area contributed by atoms with Crippen molar-refractivity contribution in [1.82, 2.24) is 0 Å². The van der Waals surface area contributed by atoms with Crippen LogP contribution in [0.2, 0.25) is 0 Å². The quantitative estimate of drug-likeness (QED) is 0.491. The van der Waals surface area contributed by atoms with E-state index in [2.05, 4.69) is 10.5 Å². The second-order valence-corrected chi connectivity index (χ2v) is 7.28. The third-order valence-corrected chi connectivity index (χ3v) is 4.60. The molecular weight excluding hydrogens is 395 g/mol. The predicted octanol–water partition coefficient (Wildman–Crippen LogP) is 4.06. The Bertz CT molecular complexity index is 1100. The second kappa shape index (κ2) is 7.49. The molecule has 0 saturated carbocycles. The fourth-order valence-corrected chi connectivity index (χ4v) is 2.83. The van der Waals surface area contributed by atoms with Crippen LogP contribution in [0.4, 0.5) is 18.9 Å². The molecule has 146 valence electrons. The summed E-state index contributed by atoms with van der Waals surface area (Å²) in [5.74, 6) is 0.589. The van der Waals surface area contributed by atoms with Crippen molar-refractivity contribution in [3.63, 3.8) is 0 Å². The molecule has 0 bridgehead atoms. The average Bonchev–Trinajstić information content (AvgIpc) is 3.10. The molecule has 1 heterocycles. The van der Waals surface area contributed by atoms with Gasteiger partial charge >= 0.3 is 6.18 Å². The standard InChI is InChI=1S/C18H14F3N3O3S/c19-18(20,21)13-3-1-2-12(10-13)17-9-6-15(27-17)11-23-24-14-4-7-16(8-5-14)28(22,25)26/h1-11,24H,(H2,22,25,26). The van der Waals surface area contributed by atoms with Gasteiger partial charge in [0, 0.05) is 5.56 Å². The lowest BCUT2D eigenvalue weighted by atomic mass is 10.1. The summed E-state index contributed by atoms with van der Waals surface area (Å²) in [4.78, 5) is -0.0289. The van der Waals surface area contributed by atoms with Crippen LogP contribution in [0.25, 0.3) is 11.3 Å². The molecule has 0 atom stereocenters. The molecule has 10 heteroatoms. The highest BCUT2D eigenvalue weighted by Gasteiger charge is 2.30. The first-order valence-electron chi connectivity index (χ1n) is 7.82. The molecule has 1 aromatic heterocycles. The molecule has 2 aromatic carbocycles. The zero-order chi connectivity index (χ0) is 20.4. The number of primary sulfonamides is 1. The fourth-order valence-electron chi connectivity index (χ4n) is 2.32. The smallest absolute Gasteiger partial charge is 0.416 e. The van der Waals surface area contributed by atoms with Crippen LogP contribution in [0, 0.1) is 0 Å². The average molecular weight is 409 g/mol. The lowest BCUT2D eigenvalue weighted by molar-refractivity contribution is -0.137. The Morgan fingerprint density at radius 2 is 1.75 bits per heavy atom.